The molecular formula is C26H25BrN8O3. The highest BCUT2D eigenvalue weighted by Gasteiger charge is 2.22. The topological polar surface area (TPSA) is 144 Å². The Hall–Kier alpha value is -4.32. The first-order valence-corrected chi connectivity index (χ1v) is 12.8. The van der Waals surface area contributed by atoms with Crippen LogP contribution in [0.15, 0.2) is 51.4 Å². The number of hydrogen-bond donors (Lipinski definition) is 3. The Morgan fingerprint density at radius 3 is 2.71 bits per heavy atom. The zero-order valence-corrected chi connectivity index (χ0v) is 22.6. The van der Waals surface area contributed by atoms with Crippen LogP contribution in [0.4, 0.5) is 5.95 Å². The number of halogens is 1. The van der Waals surface area contributed by atoms with Crippen LogP contribution in [-0.2, 0) is 13.0 Å². The molecule has 3 N–H and O–H groups in total. The Labute approximate surface area is 226 Å². The van der Waals surface area contributed by atoms with E-state index in [1.165, 1.54) is 0 Å². The molecular weight excluding hydrogens is 552 g/mol. The average molecular weight is 577 g/mol. The number of nitrogens with one attached hydrogen (secondary N) is 3. The summed E-state index contributed by atoms with van der Waals surface area (Å²) >= 11 is 3.70. The maximum atomic E-state index is 13.0. The van der Waals surface area contributed by atoms with Crippen LogP contribution in [0.3, 0.4) is 0 Å². The smallest absolute Gasteiger partial charge is 0.269 e. The monoisotopic (exact) mass is 576 g/mol. The third-order valence-corrected chi connectivity index (χ3v) is 6.95. The lowest BCUT2D eigenvalue weighted by molar-refractivity contribution is 0.0952. The van der Waals surface area contributed by atoms with Gasteiger partial charge in [-0.25, -0.2) is 10.1 Å². The van der Waals surface area contributed by atoms with Gasteiger partial charge in [-0.05, 0) is 63.5 Å². The van der Waals surface area contributed by atoms with Crippen molar-refractivity contribution < 1.29 is 14.0 Å². The first-order chi connectivity index (χ1) is 18.4. The highest BCUT2D eigenvalue weighted by atomic mass is 79.9. The van der Waals surface area contributed by atoms with Crippen LogP contribution in [0.25, 0.3) is 22.3 Å². The second kappa shape index (κ2) is 10.6. The van der Waals surface area contributed by atoms with E-state index in [4.69, 9.17) is 4.42 Å². The van der Waals surface area contributed by atoms with Crippen molar-refractivity contribution in [2.75, 3.05) is 12.4 Å². The number of anilines is 1. The molecule has 0 atom stereocenters. The standard InChI is InChI=1S/C26H25BrN8O3/c1-4-7-20-29-14(2)22(25(37)28-3)35(20)13-15-10-11-19-18(12-15)21(27)23(38-19)16-8-5-6-9-17(16)24(36)30-26-31-33-34-32-26/h5-6,8-12H,4,7,13H2,1-3H3,(H,28,37)(H2,30,31,32,33,34,36). The number of amides is 2. The van der Waals surface area contributed by atoms with E-state index >= 15 is 0 Å². The number of furan rings is 1. The average Bonchev–Trinajstić information content (AvgIpc) is 3.62. The fourth-order valence-corrected chi connectivity index (χ4v) is 5.06. The number of tetrazole rings is 1. The zero-order valence-electron chi connectivity index (χ0n) is 21.0. The van der Waals surface area contributed by atoms with Crippen LogP contribution < -0.4 is 10.6 Å². The fraction of sp³-hybridized carbons (Fsp3) is 0.231. The lowest BCUT2D eigenvalue weighted by Crippen LogP contribution is -2.23. The molecule has 12 heteroatoms. The molecule has 0 fully saturated rings. The summed E-state index contributed by atoms with van der Waals surface area (Å²) in [7, 11) is 1.62. The van der Waals surface area contributed by atoms with Gasteiger partial charge in [-0.2, -0.15) is 0 Å². The number of benzene rings is 2. The highest BCUT2D eigenvalue weighted by molar-refractivity contribution is 9.10. The quantitative estimate of drug-likeness (QED) is 0.247. The van der Waals surface area contributed by atoms with Gasteiger partial charge in [0, 0.05) is 31.0 Å². The summed E-state index contributed by atoms with van der Waals surface area (Å²) in [6, 6.07) is 13.0. The molecule has 38 heavy (non-hydrogen) atoms. The molecule has 0 spiro atoms. The minimum atomic E-state index is -0.382. The van der Waals surface area contributed by atoms with Gasteiger partial charge in [-0.1, -0.05) is 36.3 Å². The third kappa shape index (κ3) is 4.70. The summed E-state index contributed by atoms with van der Waals surface area (Å²) in [5.41, 5.74) is 3.92. The van der Waals surface area contributed by atoms with Crippen molar-refractivity contribution in [3.63, 3.8) is 0 Å². The first-order valence-electron chi connectivity index (χ1n) is 12.0. The summed E-state index contributed by atoms with van der Waals surface area (Å²) in [6.07, 6.45) is 1.68. The molecule has 2 amide bonds. The van der Waals surface area contributed by atoms with Gasteiger partial charge in [0.25, 0.3) is 11.8 Å². The molecule has 0 aliphatic heterocycles. The number of imidazole rings is 1. The number of carbonyl (C=O) groups excluding carboxylic acids is 2. The zero-order chi connectivity index (χ0) is 26.8. The Morgan fingerprint density at radius 1 is 1.16 bits per heavy atom. The van der Waals surface area contributed by atoms with E-state index in [-0.39, 0.29) is 17.8 Å². The van der Waals surface area contributed by atoms with Crippen LogP contribution in [0.1, 0.15) is 51.3 Å². The molecule has 5 rings (SSSR count). The molecule has 0 saturated heterocycles. The van der Waals surface area contributed by atoms with E-state index in [0.29, 0.717) is 40.4 Å². The lowest BCUT2D eigenvalue weighted by Gasteiger charge is -2.12. The van der Waals surface area contributed by atoms with E-state index in [0.717, 1.165) is 34.1 Å². The Morgan fingerprint density at radius 2 is 1.97 bits per heavy atom. The van der Waals surface area contributed by atoms with E-state index < -0.39 is 0 Å². The van der Waals surface area contributed by atoms with Crippen molar-refractivity contribution in [1.29, 1.82) is 0 Å². The normalized spacial score (nSPS) is 11.2. The number of aromatic nitrogens is 6. The summed E-state index contributed by atoms with van der Waals surface area (Å²) in [5, 5.41) is 19.4. The number of aromatic amines is 1. The number of fused-ring (bicyclic) bond motifs is 1. The van der Waals surface area contributed by atoms with Crippen molar-refractivity contribution >= 4 is 44.7 Å². The van der Waals surface area contributed by atoms with Gasteiger partial charge < -0.3 is 14.3 Å². The molecule has 0 radical (unpaired) electrons. The van der Waals surface area contributed by atoms with Crippen molar-refractivity contribution in [1.82, 2.24) is 35.5 Å². The Kier molecular flexibility index (Phi) is 7.05. The highest BCUT2D eigenvalue weighted by Crippen LogP contribution is 2.39. The molecule has 194 valence electrons. The van der Waals surface area contributed by atoms with Gasteiger partial charge in [-0.15, -0.1) is 0 Å². The summed E-state index contributed by atoms with van der Waals surface area (Å²) in [4.78, 5) is 30.3. The van der Waals surface area contributed by atoms with E-state index in [2.05, 4.69) is 59.1 Å². The maximum absolute atomic E-state index is 13.0. The lowest BCUT2D eigenvalue weighted by atomic mass is 10.0. The van der Waals surface area contributed by atoms with Crippen LogP contribution in [-0.4, -0.2) is 49.0 Å². The van der Waals surface area contributed by atoms with Gasteiger partial charge in [-0.3, -0.25) is 14.9 Å². The fourth-order valence-electron chi connectivity index (χ4n) is 4.46. The number of aryl methyl sites for hydroxylation is 2. The Bertz CT molecular complexity index is 1640. The van der Waals surface area contributed by atoms with Crippen LogP contribution in [0.2, 0.25) is 0 Å². The molecule has 0 saturated carbocycles. The molecule has 0 aliphatic rings. The predicted molar refractivity (Wildman–Crippen MR) is 145 cm³/mol. The van der Waals surface area contributed by atoms with Crippen molar-refractivity contribution in [2.45, 2.75) is 33.2 Å². The summed E-state index contributed by atoms with van der Waals surface area (Å²) in [5.74, 6) is 0.993. The largest absolute Gasteiger partial charge is 0.455 e. The number of carbonyl (C=O) groups is 2. The second-order valence-corrected chi connectivity index (χ2v) is 9.50. The molecule has 3 aromatic heterocycles. The van der Waals surface area contributed by atoms with Crippen LogP contribution in [0, 0.1) is 6.92 Å². The third-order valence-electron chi connectivity index (χ3n) is 6.16. The predicted octanol–water partition coefficient (Wildman–Crippen LogP) is 4.49. The number of rotatable bonds is 8. The minimum Gasteiger partial charge on any atom is -0.455 e. The van der Waals surface area contributed by atoms with Gasteiger partial charge >= 0.3 is 0 Å². The maximum Gasteiger partial charge on any atom is 0.269 e. The van der Waals surface area contributed by atoms with Gasteiger partial charge in [0.1, 0.15) is 22.9 Å². The molecule has 0 bridgehead atoms. The molecule has 5 aromatic rings. The van der Waals surface area contributed by atoms with Crippen molar-refractivity contribution in [3.8, 4) is 11.3 Å². The minimum absolute atomic E-state index is 0.145. The number of nitrogens with zero attached hydrogens (tertiary/aromatic N) is 5. The number of H-pyrrole nitrogens is 1. The van der Waals surface area contributed by atoms with Crippen molar-refractivity contribution in [3.05, 3.63) is 75.3 Å². The molecule has 2 aromatic carbocycles. The van der Waals surface area contributed by atoms with Crippen LogP contribution in [0.5, 0.6) is 0 Å². The van der Waals surface area contributed by atoms with Gasteiger partial charge in [0.05, 0.1) is 15.7 Å². The first kappa shape index (κ1) is 25.3. The van der Waals surface area contributed by atoms with E-state index in [1.54, 1.807) is 19.2 Å². The Balaban J connectivity index is 1.53. The SMILES string of the molecule is CCCc1nc(C)c(C(=O)NC)n1Cc1ccc2oc(-c3ccccc3C(=O)Nc3nnn[nH]3)c(Br)c2c1. The van der Waals surface area contributed by atoms with Crippen LogP contribution >= 0.6 is 15.9 Å². The second-order valence-electron chi connectivity index (χ2n) is 8.70. The summed E-state index contributed by atoms with van der Waals surface area (Å²) < 4.78 is 8.90. The van der Waals surface area contributed by atoms with Gasteiger partial charge in [0.2, 0.25) is 5.95 Å². The molecule has 11 nitrogen and oxygen atoms in total. The molecule has 0 aliphatic carbocycles. The van der Waals surface area contributed by atoms with Gasteiger partial charge in [0.15, 0.2) is 0 Å². The van der Waals surface area contributed by atoms with Crippen molar-refractivity contribution in [2.24, 2.45) is 0 Å². The van der Waals surface area contributed by atoms with E-state index in [1.807, 2.05) is 41.8 Å². The molecule has 3 heterocycles. The summed E-state index contributed by atoms with van der Waals surface area (Å²) in [6.45, 7) is 4.42. The number of hydrogen-bond acceptors (Lipinski definition) is 7. The van der Waals surface area contributed by atoms with E-state index in [9.17, 15) is 9.59 Å². The molecule has 0 unspecified atom stereocenters.